The fraction of sp³-hybridized carbons (Fsp3) is 0.353. The minimum absolute atomic E-state index is 0.0188. The summed E-state index contributed by atoms with van der Waals surface area (Å²) in [6.07, 6.45) is 2.49. The minimum atomic E-state index is -0.0673. The number of furan rings is 1. The molecule has 2 heterocycles. The molecule has 21 heavy (non-hydrogen) atoms. The first-order valence-electron chi connectivity index (χ1n) is 7.31. The van der Waals surface area contributed by atoms with E-state index in [1.54, 1.807) is 18.0 Å². The van der Waals surface area contributed by atoms with Crippen LogP contribution < -0.4 is 0 Å². The van der Waals surface area contributed by atoms with E-state index in [0.29, 0.717) is 0 Å². The second-order valence-corrected chi connectivity index (χ2v) is 6.33. The molecule has 1 saturated heterocycles. The summed E-state index contributed by atoms with van der Waals surface area (Å²) in [6.45, 7) is 2.86. The van der Waals surface area contributed by atoms with Crippen molar-refractivity contribution < 1.29 is 9.21 Å². The van der Waals surface area contributed by atoms with E-state index in [-0.39, 0.29) is 17.2 Å². The Morgan fingerprint density at radius 1 is 1.33 bits per heavy atom. The van der Waals surface area contributed by atoms with Crippen molar-refractivity contribution in [1.82, 2.24) is 4.90 Å². The van der Waals surface area contributed by atoms with Crippen LogP contribution in [0, 0.1) is 0 Å². The third-order valence-electron chi connectivity index (χ3n) is 3.87. The van der Waals surface area contributed by atoms with Crippen molar-refractivity contribution in [3.05, 3.63) is 60.1 Å². The van der Waals surface area contributed by atoms with E-state index in [4.69, 9.17) is 4.42 Å². The highest BCUT2D eigenvalue weighted by molar-refractivity contribution is 7.99. The predicted octanol–water partition coefficient (Wildman–Crippen LogP) is 4.05. The molecule has 0 N–H and O–H groups in total. The van der Waals surface area contributed by atoms with Gasteiger partial charge in [0.15, 0.2) is 0 Å². The van der Waals surface area contributed by atoms with Crippen LogP contribution >= 0.6 is 11.8 Å². The Morgan fingerprint density at radius 2 is 2.14 bits per heavy atom. The highest BCUT2D eigenvalue weighted by atomic mass is 32.2. The van der Waals surface area contributed by atoms with E-state index in [2.05, 4.69) is 6.92 Å². The molecule has 1 aliphatic rings. The molecule has 2 atom stereocenters. The van der Waals surface area contributed by atoms with Crippen molar-refractivity contribution in [3.8, 4) is 0 Å². The monoisotopic (exact) mass is 301 g/mol. The lowest BCUT2D eigenvalue weighted by molar-refractivity contribution is -0.133. The van der Waals surface area contributed by atoms with Gasteiger partial charge in [-0.15, -0.1) is 11.8 Å². The quantitative estimate of drug-likeness (QED) is 0.854. The normalized spacial score (nSPS) is 19.7. The van der Waals surface area contributed by atoms with Gasteiger partial charge >= 0.3 is 0 Å². The summed E-state index contributed by atoms with van der Waals surface area (Å²) in [5.74, 6) is 1.97. The third kappa shape index (κ3) is 2.86. The van der Waals surface area contributed by atoms with Gasteiger partial charge in [-0.3, -0.25) is 4.79 Å². The van der Waals surface area contributed by atoms with Gasteiger partial charge in [0.2, 0.25) is 5.91 Å². The number of nitrogens with zero attached hydrogens (tertiary/aromatic N) is 1. The summed E-state index contributed by atoms with van der Waals surface area (Å²) >= 11 is 1.77. The van der Waals surface area contributed by atoms with Gasteiger partial charge in [-0.25, -0.2) is 0 Å². The molecule has 0 radical (unpaired) electrons. The van der Waals surface area contributed by atoms with E-state index >= 15 is 0 Å². The molecule has 0 bridgehead atoms. The van der Waals surface area contributed by atoms with Gasteiger partial charge in [0, 0.05) is 12.3 Å². The van der Waals surface area contributed by atoms with Crippen LogP contribution in [-0.2, 0) is 4.79 Å². The Morgan fingerprint density at radius 3 is 2.81 bits per heavy atom. The lowest BCUT2D eigenvalue weighted by Gasteiger charge is -2.27. The summed E-state index contributed by atoms with van der Waals surface area (Å²) < 4.78 is 5.50. The van der Waals surface area contributed by atoms with Crippen molar-refractivity contribution in [3.63, 3.8) is 0 Å². The molecule has 0 aliphatic carbocycles. The Labute approximate surface area is 129 Å². The van der Waals surface area contributed by atoms with Crippen molar-refractivity contribution in [2.45, 2.75) is 24.6 Å². The Balaban J connectivity index is 1.83. The van der Waals surface area contributed by atoms with Crippen molar-refractivity contribution in [2.75, 3.05) is 12.3 Å². The first-order chi connectivity index (χ1) is 10.3. The Hall–Kier alpha value is -1.68. The average Bonchev–Trinajstić information content (AvgIpc) is 3.20. The topological polar surface area (TPSA) is 33.5 Å². The molecule has 1 aromatic heterocycles. The highest BCUT2D eigenvalue weighted by Crippen LogP contribution is 2.40. The fourth-order valence-corrected chi connectivity index (χ4v) is 4.01. The first-order valence-corrected chi connectivity index (χ1v) is 8.36. The van der Waals surface area contributed by atoms with Crippen LogP contribution in [0.25, 0.3) is 0 Å². The Bertz CT molecular complexity index is 582. The van der Waals surface area contributed by atoms with E-state index in [1.165, 1.54) is 0 Å². The molecule has 0 saturated carbocycles. The van der Waals surface area contributed by atoms with Gasteiger partial charge in [0.1, 0.15) is 11.1 Å². The van der Waals surface area contributed by atoms with Crippen LogP contribution in [0.15, 0.2) is 53.1 Å². The molecule has 1 fully saturated rings. The zero-order chi connectivity index (χ0) is 14.7. The zero-order valence-corrected chi connectivity index (χ0v) is 12.9. The molecule has 0 spiro atoms. The standard InChI is InChI=1S/C17H19NO2S/c1-2-14(13-7-4-3-5-8-13)16(19)18-10-12-21-17(18)15-9-6-11-20-15/h3-9,11,14,17H,2,10,12H2,1H3/t14-,17+/m0/s1. The van der Waals surface area contributed by atoms with Crippen LogP contribution in [0.3, 0.4) is 0 Å². The number of thioether (sulfide) groups is 1. The van der Waals surface area contributed by atoms with Gasteiger partial charge in [-0.05, 0) is 24.1 Å². The van der Waals surface area contributed by atoms with Crippen molar-refractivity contribution in [2.24, 2.45) is 0 Å². The molecule has 1 aromatic carbocycles. The number of hydrogen-bond donors (Lipinski definition) is 0. The fourth-order valence-electron chi connectivity index (χ4n) is 2.80. The van der Waals surface area contributed by atoms with Gasteiger partial charge in [-0.2, -0.15) is 0 Å². The second kappa shape index (κ2) is 6.39. The second-order valence-electron chi connectivity index (χ2n) is 5.14. The van der Waals surface area contributed by atoms with Gasteiger partial charge < -0.3 is 9.32 Å². The first kappa shape index (κ1) is 14.3. The number of benzene rings is 1. The summed E-state index contributed by atoms with van der Waals surface area (Å²) in [4.78, 5) is 14.9. The lowest BCUT2D eigenvalue weighted by atomic mass is 9.95. The molecule has 0 unspecified atom stereocenters. The number of amides is 1. The maximum Gasteiger partial charge on any atom is 0.231 e. The summed E-state index contributed by atoms with van der Waals surface area (Å²) in [5, 5.41) is 0.0188. The minimum Gasteiger partial charge on any atom is -0.466 e. The van der Waals surface area contributed by atoms with Crippen molar-refractivity contribution in [1.29, 1.82) is 0 Å². The van der Waals surface area contributed by atoms with Crippen LogP contribution in [0.5, 0.6) is 0 Å². The van der Waals surface area contributed by atoms with Gasteiger partial charge in [0.05, 0.1) is 12.2 Å². The SMILES string of the molecule is CC[C@H](C(=O)N1CCS[C@@H]1c1ccco1)c1ccccc1. The summed E-state index contributed by atoms with van der Waals surface area (Å²) in [5.41, 5.74) is 1.10. The molecule has 3 rings (SSSR count). The highest BCUT2D eigenvalue weighted by Gasteiger charge is 2.35. The molecule has 1 amide bonds. The third-order valence-corrected chi connectivity index (χ3v) is 5.09. The van der Waals surface area contributed by atoms with Crippen LogP contribution in [0.1, 0.15) is 36.0 Å². The number of carbonyl (C=O) groups is 1. The number of hydrogen-bond acceptors (Lipinski definition) is 3. The average molecular weight is 301 g/mol. The van der Waals surface area contributed by atoms with E-state index in [9.17, 15) is 4.79 Å². The van der Waals surface area contributed by atoms with Crippen LogP contribution in [-0.4, -0.2) is 23.1 Å². The number of carbonyl (C=O) groups excluding carboxylic acids is 1. The van der Waals surface area contributed by atoms with E-state index in [1.807, 2.05) is 47.4 Å². The van der Waals surface area contributed by atoms with E-state index in [0.717, 1.165) is 30.0 Å². The lowest BCUT2D eigenvalue weighted by Crippen LogP contribution is -2.34. The smallest absolute Gasteiger partial charge is 0.231 e. The van der Waals surface area contributed by atoms with Crippen LogP contribution in [0.4, 0.5) is 0 Å². The molecule has 1 aliphatic heterocycles. The van der Waals surface area contributed by atoms with Crippen LogP contribution in [0.2, 0.25) is 0 Å². The summed E-state index contributed by atoms with van der Waals surface area (Å²) in [6, 6.07) is 13.9. The summed E-state index contributed by atoms with van der Waals surface area (Å²) in [7, 11) is 0. The maximum absolute atomic E-state index is 13.0. The van der Waals surface area contributed by atoms with E-state index < -0.39 is 0 Å². The molecule has 110 valence electrons. The predicted molar refractivity (Wildman–Crippen MR) is 85.1 cm³/mol. The molecule has 4 heteroatoms. The molecule has 2 aromatic rings. The Kier molecular flexibility index (Phi) is 4.34. The molecular weight excluding hydrogens is 282 g/mol. The van der Waals surface area contributed by atoms with Crippen molar-refractivity contribution >= 4 is 17.7 Å². The molecule has 3 nitrogen and oxygen atoms in total. The number of rotatable bonds is 4. The molecular formula is C17H19NO2S. The maximum atomic E-state index is 13.0. The van der Waals surface area contributed by atoms with Gasteiger partial charge in [-0.1, -0.05) is 37.3 Å². The largest absolute Gasteiger partial charge is 0.466 e. The zero-order valence-electron chi connectivity index (χ0n) is 12.1. The van der Waals surface area contributed by atoms with Gasteiger partial charge in [0.25, 0.3) is 0 Å².